The number of piperazine rings is 1. The van der Waals surface area contributed by atoms with Crippen molar-refractivity contribution in [2.45, 2.75) is 39.5 Å². The number of carbonyl (C=O) groups excluding carboxylic acids is 1. The molecule has 6 nitrogen and oxygen atoms in total. The zero-order valence-corrected chi connectivity index (χ0v) is 12.7. The lowest BCUT2D eigenvalue weighted by molar-refractivity contribution is -0.137. The molecule has 2 N–H and O–H groups in total. The number of hydrogen-bond donors (Lipinski definition) is 1. The molecule has 112 valence electrons. The Kier molecular flexibility index (Phi) is 6.22. The minimum atomic E-state index is -3.62. The smallest absolute Gasteiger partial charge is 0.277 e. The number of rotatable bonds is 6. The van der Waals surface area contributed by atoms with Crippen molar-refractivity contribution in [3.8, 4) is 0 Å². The van der Waals surface area contributed by atoms with Gasteiger partial charge < -0.3 is 4.90 Å². The number of nitrogens with two attached hydrogens (primary N) is 1. The second-order valence-corrected chi connectivity index (χ2v) is 6.59. The summed E-state index contributed by atoms with van der Waals surface area (Å²) in [6, 6.07) is 0. The van der Waals surface area contributed by atoms with Gasteiger partial charge in [-0.05, 0) is 12.8 Å². The van der Waals surface area contributed by atoms with Gasteiger partial charge in [0.2, 0.25) is 5.91 Å². The molecule has 0 aromatic carbocycles. The summed E-state index contributed by atoms with van der Waals surface area (Å²) in [4.78, 5) is 14.1. The van der Waals surface area contributed by atoms with Crippen LogP contribution in [0.25, 0.3) is 0 Å². The topological polar surface area (TPSA) is 83.7 Å². The van der Waals surface area contributed by atoms with Crippen LogP contribution in [0.4, 0.5) is 0 Å². The van der Waals surface area contributed by atoms with Gasteiger partial charge in [-0.1, -0.05) is 26.7 Å². The molecular formula is C12H25N3O3S. The van der Waals surface area contributed by atoms with E-state index in [0.29, 0.717) is 26.2 Å². The van der Waals surface area contributed by atoms with Crippen LogP contribution >= 0.6 is 0 Å². The largest absolute Gasteiger partial charge is 0.340 e. The first-order valence-corrected chi connectivity index (χ1v) is 8.47. The van der Waals surface area contributed by atoms with Crippen molar-refractivity contribution in [2.24, 2.45) is 11.1 Å². The van der Waals surface area contributed by atoms with Gasteiger partial charge >= 0.3 is 0 Å². The Morgan fingerprint density at radius 3 is 1.95 bits per heavy atom. The number of hydrogen-bond acceptors (Lipinski definition) is 3. The van der Waals surface area contributed by atoms with Crippen LogP contribution in [-0.2, 0) is 15.0 Å². The lowest BCUT2D eigenvalue weighted by atomic mass is 9.96. The molecule has 1 aliphatic heterocycles. The van der Waals surface area contributed by atoms with Gasteiger partial charge in [-0.2, -0.15) is 12.7 Å². The standard InChI is InChI=1S/C12H25N3O3S/c1-3-5-11(6-4-2)12(16)14-7-9-15(10-8-14)19(13,17)18/h11H,3-10H2,1-2H3,(H2,13,17,18). The van der Waals surface area contributed by atoms with E-state index < -0.39 is 10.2 Å². The van der Waals surface area contributed by atoms with E-state index in [1.807, 2.05) is 0 Å². The quantitative estimate of drug-likeness (QED) is 0.775. The first-order chi connectivity index (χ1) is 8.90. The third-order valence-corrected chi connectivity index (χ3v) is 4.62. The number of amides is 1. The second-order valence-electron chi connectivity index (χ2n) is 5.04. The highest BCUT2D eigenvalue weighted by molar-refractivity contribution is 7.86. The van der Waals surface area contributed by atoms with Crippen LogP contribution in [0.15, 0.2) is 0 Å². The van der Waals surface area contributed by atoms with Crippen LogP contribution < -0.4 is 5.14 Å². The van der Waals surface area contributed by atoms with Crippen molar-refractivity contribution in [3.05, 3.63) is 0 Å². The van der Waals surface area contributed by atoms with Crippen molar-refractivity contribution >= 4 is 16.1 Å². The fourth-order valence-electron chi connectivity index (χ4n) is 2.51. The Hall–Kier alpha value is -0.660. The summed E-state index contributed by atoms with van der Waals surface area (Å²) >= 11 is 0. The summed E-state index contributed by atoms with van der Waals surface area (Å²) in [5, 5.41) is 5.08. The van der Waals surface area contributed by atoms with Crippen LogP contribution in [0.2, 0.25) is 0 Å². The highest BCUT2D eigenvalue weighted by Crippen LogP contribution is 2.18. The molecule has 1 aliphatic rings. The summed E-state index contributed by atoms with van der Waals surface area (Å²) in [5.41, 5.74) is 0. The molecule has 0 radical (unpaired) electrons. The van der Waals surface area contributed by atoms with Gasteiger partial charge in [0, 0.05) is 32.1 Å². The van der Waals surface area contributed by atoms with Crippen molar-refractivity contribution in [1.82, 2.24) is 9.21 Å². The average molecular weight is 291 g/mol. The van der Waals surface area contributed by atoms with E-state index in [1.165, 1.54) is 4.31 Å². The Morgan fingerprint density at radius 2 is 1.58 bits per heavy atom. The zero-order valence-electron chi connectivity index (χ0n) is 11.8. The molecule has 19 heavy (non-hydrogen) atoms. The third-order valence-electron chi connectivity index (χ3n) is 3.53. The molecule has 1 saturated heterocycles. The molecule has 0 aromatic heterocycles. The molecule has 0 aromatic rings. The predicted molar refractivity (Wildman–Crippen MR) is 74.6 cm³/mol. The number of carbonyl (C=O) groups is 1. The highest BCUT2D eigenvalue weighted by Gasteiger charge is 2.29. The first-order valence-electron chi connectivity index (χ1n) is 6.96. The van der Waals surface area contributed by atoms with E-state index in [4.69, 9.17) is 5.14 Å². The van der Waals surface area contributed by atoms with Crippen LogP contribution in [0.3, 0.4) is 0 Å². The minimum Gasteiger partial charge on any atom is -0.340 e. The lowest BCUT2D eigenvalue weighted by Crippen LogP contribution is -2.53. The second kappa shape index (κ2) is 7.21. The monoisotopic (exact) mass is 291 g/mol. The highest BCUT2D eigenvalue weighted by atomic mass is 32.2. The van der Waals surface area contributed by atoms with Crippen molar-refractivity contribution in [3.63, 3.8) is 0 Å². The molecule has 0 aliphatic carbocycles. The Labute approximate surface area is 116 Å². The van der Waals surface area contributed by atoms with Gasteiger partial charge in [0.05, 0.1) is 0 Å². The average Bonchev–Trinajstić information content (AvgIpc) is 2.37. The predicted octanol–water partition coefficient (Wildman–Crippen LogP) is 0.551. The van der Waals surface area contributed by atoms with E-state index in [2.05, 4.69) is 13.8 Å². The molecule has 0 atom stereocenters. The van der Waals surface area contributed by atoms with Gasteiger partial charge in [0.15, 0.2) is 0 Å². The maximum absolute atomic E-state index is 12.4. The van der Waals surface area contributed by atoms with Crippen LogP contribution in [0, 0.1) is 5.92 Å². The Balaban J connectivity index is 2.56. The van der Waals surface area contributed by atoms with E-state index in [1.54, 1.807) is 4.90 Å². The van der Waals surface area contributed by atoms with Crippen LogP contribution in [0.5, 0.6) is 0 Å². The maximum Gasteiger partial charge on any atom is 0.277 e. The van der Waals surface area contributed by atoms with Gasteiger partial charge in [-0.25, -0.2) is 5.14 Å². The summed E-state index contributed by atoms with van der Waals surface area (Å²) in [5.74, 6) is 0.244. The molecule has 0 spiro atoms. The molecule has 0 unspecified atom stereocenters. The Morgan fingerprint density at radius 1 is 1.11 bits per heavy atom. The molecule has 1 fully saturated rings. The molecule has 7 heteroatoms. The van der Waals surface area contributed by atoms with E-state index >= 15 is 0 Å². The van der Waals surface area contributed by atoms with Gasteiger partial charge in [-0.3, -0.25) is 4.79 Å². The van der Waals surface area contributed by atoms with Gasteiger partial charge in [0.1, 0.15) is 0 Å². The zero-order chi connectivity index (χ0) is 14.5. The molecule has 1 rings (SSSR count). The van der Waals surface area contributed by atoms with E-state index in [9.17, 15) is 13.2 Å². The number of nitrogens with zero attached hydrogens (tertiary/aromatic N) is 2. The Bertz CT molecular complexity index is 383. The SMILES string of the molecule is CCCC(CCC)C(=O)N1CCN(S(N)(=O)=O)CC1. The summed E-state index contributed by atoms with van der Waals surface area (Å²) < 4.78 is 23.6. The lowest BCUT2D eigenvalue weighted by Gasteiger charge is -2.35. The van der Waals surface area contributed by atoms with Crippen LogP contribution in [0.1, 0.15) is 39.5 Å². The summed E-state index contributed by atoms with van der Waals surface area (Å²) in [7, 11) is -3.62. The normalized spacial score (nSPS) is 18.0. The fraction of sp³-hybridized carbons (Fsp3) is 0.917. The van der Waals surface area contributed by atoms with Crippen molar-refractivity contribution in [2.75, 3.05) is 26.2 Å². The molecule has 0 bridgehead atoms. The van der Waals surface area contributed by atoms with Crippen molar-refractivity contribution < 1.29 is 13.2 Å². The van der Waals surface area contributed by atoms with Crippen LogP contribution in [-0.4, -0.2) is 49.7 Å². The maximum atomic E-state index is 12.4. The first kappa shape index (κ1) is 16.4. The van der Waals surface area contributed by atoms with Crippen molar-refractivity contribution in [1.29, 1.82) is 0 Å². The minimum absolute atomic E-state index is 0.0797. The van der Waals surface area contributed by atoms with E-state index in [0.717, 1.165) is 25.7 Å². The van der Waals surface area contributed by atoms with Gasteiger partial charge in [0.25, 0.3) is 10.2 Å². The van der Waals surface area contributed by atoms with E-state index in [-0.39, 0.29) is 11.8 Å². The van der Waals surface area contributed by atoms with Gasteiger partial charge in [-0.15, -0.1) is 0 Å². The molecule has 0 saturated carbocycles. The summed E-state index contributed by atoms with van der Waals surface area (Å²) in [6.07, 6.45) is 3.80. The molecular weight excluding hydrogens is 266 g/mol. The third kappa shape index (κ3) is 4.74. The molecule has 1 heterocycles. The summed E-state index contributed by atoms with van der Waals surface area (Å²) in [6.45, 7) is 5.65. The fourth-order valence-corrected chi connectivity index (χ4v) is 3.18. The molecule has 1 amide bonds.